The van der Waals surface area contributed by atoms with E-state index in [-0.39, 0.29) is 0 Å². The van der Waals surface area contributed by atoms with Gasteiger partial charge in [0.2, 0.25) is 5.95 Å². The summed E-state index contributed by atoms with van der Waals surface area (Å²) in [7, 11) is 0. The Hall–Kier alpha value is -1.98. The van der Waals surface area contributed by atoms with Gasteiger partial charge in [0.15, 0.2) is 0 Å². The number of benzene rings is 1. The molecule has 0 radical (unpaired) electrons. The Bertz CT molecular complexity index is 744. The van der Waals surface area contributed by atoms with Crippen molar-refractivity contribution in [1.82, 2.24) is 20.3 Å². The first-order chi connectivity index (χ1) is 11.4. The van der Waals surface area contributed by atoms with Crippen molar-refractivity contribution in [2.75, 3.05) is 25.1 Å². The highest BCUT2D eigenvalue weighted by atomic mass is 15.6. The number of nitrogens with zero attached hydrogens (tertiary/aromatic N) is 3. The van der Waals surface area contributed by atoms with E-state index in [4.69, 9.17) is 4.98 Å². The number of rotatable bonds is 2. The van der Waals surface area contributed by atoms with Crippen LogP contribution in [-0.4, -0.2) is 40.7 Å². The van der Waals surface area contributed by atoms with Crippen LogP contribution in [0.3, 0.4) is 0 Å². The fourth-order valence-electron chi connectivity index (χ4n) is 4.09. The van der Waals surface area contributed by atoms with Gasteiger partial charge in [-0.2, -0.15) is 0 Å². The van der Waals surface area contributed by atoms with Crippen LogP contribution in [0.25, 0.3) is 11.3 Å². The van der Waals surface area contributed by atoms with Gasteiger partial charge in [-0.1, -0.05) is 24.3 Å². The highest BCUT2D eigenvalue weighted by molar-refractivity contribution is 5.68. The summed E-state index contributed by atoms with van der Waals surface area (Å²) in [5.74, 6) is 1.51. The fourth-order valence-corrected chi connectivity index (χ4v) is 4.09. The van der Waals surface area contributed by atoms with Gasteiger partial charge in [0, 0.05) is 43.4 Å². The second-order valence-electron chi connectivity index (χ2n) is 6.83. The normalized spacial score (nSPS) is 25.7. The van der Waals surface area contributed by atoms with Gasteiger partial charge in [0.1, 0.15) is 0 Å². The molecule has 5 nitrogen and oxygen atoms in total. The highest BCUT2D eigenvalue weighted by Crippen LogP contribution is 2.32. The Labute approximate surface area is 136 Å². The van der Waals surface area contributed by atoms with Crippen LogP contribution in [0.4, 0.5) is 5.95 Å². The Morgan fingerprint density at radius 2 is 2.04 bits per heavy atom. The zero-order chi connectivity index (χ0) is 15.2. The molecule has 3 heterocycles. The molecule has 1 aliphatic carbocycles. The van der Waals surface area contributed by atoms with Crippen LogP contribution in [0.5, 0.6) is 0 Å². The van der Waals surface area contributed by atoms with Crippen molar-refractivity contribution < 1.29 is 0 Å². The molecule has 0 bridgehead atoms. The average molecular weight is 307 g/mol. The summed E-state index contributed by atoms with van der Waals surface area (Å²) in [4.78, 5) is 9.42. The second kappa shape index (κ2) is 5.28. The molecule has 1 aromatic heterocycles. The molecule has 0 spiro atoms. The van der Waals surface area contributed by atoms with Crippen molar-refractivity contribution >= 4 is 5.95 Å². The lowest BCUT2D eigenvalue weighted by Gasteiger charge is -2.43. The molecule has 1 aromatic carbocycles. The molecule has 2 atom stereocenters. The Kier molecular flexibility index (Phi) is 3.09. The van der Waals surface area contributed by atoms with E-state index in [0.717, 1.165) is 50.0 Å². The molecule has 2 fully saturated rings. The summed E-state index contributed by atoms with van der Waals surface area (Å²) in [5, 5.41) is 5.72. The van der Waals surface area contributed by atoms with E-state index in [1.807, 2.05) is 6.20 Å². The van der Waals surface area contributed by atoms with Crippen molar-refractivity contribution in [3.05, 3.63) is 41.6 Å². The number of fused-ring (bicyclic) bond motifs is 4. The maximum absolute atomic E-state index is 4.87. The molecule has 2 aromatic rings. The average Bonchev–Trinajstić information content (AvgIpc) is 2.85. The van der Waals surface area contributed by atoms with Crippen LogP contribution < -0.4 is 10.7 Å². The van der Waals surface area contributed by atoms with E-state index in [2.05, 4.69) is 45.0 Å². The number of hydrogen-bond acceptors (Lipinski definition) is 5. The number of anilines is 1. The predicted octanol–water partition coefficient (Wildman–Crippen LogP) is 1.86. The van der Waals surface area contributed by atoms with Crippen molar-refractivity contribution in [2.24, 2.45) is 5.92 Å². The quantitative estimate of drug-likeness (QED) is 0.887. The lowest BCUT2D eigenvalue weighted by Crippen LogP contribution is -2.58. The van der Waals surface area contributed by atoms with E-state index in [1.165, 1.54) is 23.1 Å². The molecule has 2 aliphatic heterocycles. The lowest BCUT2D eigenvalue weighted by molar-refractivity contribution is 0.0797. The van der Waals surface area contributed by atoms with Gasteiger partial charge in [-0.05, 0) is 30.4 Å². The Morgan fingerprint density at radius 3 is 3.00 bits per heavy atom. The van der Waals surface area contributed by atoms with Crippen molar-refractivity contribution in [2.45, 2.75) is 25.3 Å². The van der Waals surface area contributed by atoms with Crippen molar-refractivity contribution in [3.63, 3.8) is 0 Å². The molecule has 0 amide bonds. The second-order valence-corrected chi connectivity index (χ2v) is 6.83. The van der Waals surface area contributed by atoms with E-state index in [9.17, 15) is 0 Å². The van der Waals surface area contributed by atoms with E-state index in [0.29, 0.717) is 6.04 Å². The molecule has 2 N–H and O–H groups in total. The van der Waals surface area contributed by atoms with Gasteiger partial charge in [0.25, 0.3) is 0 Å². The third-order valence-electron chi connectivity index (χ3n) is 5.41. The number of aryl methyl sites for hydroxylation is 2. The van der Waals surface area contributed by atoms with Crippen LogP contribution in [0.1, 0.15) is 17.5 Å². The summed E-state index contributed by atoms with van der Waals surface area (Å²) in [6.07, 6.45) is 5.36. The van der Waals surface area contributed by atoms with Gasteiger partial charge < -0.3 is 5.32 Å². The van der Waals surface area contributed by atoms with E-state index >= 15 is 0 Å². The van der Waals surface area contributed by atoms with Crippen molar-refractivity contribution in [1.29, 1.82) is 0 Å². The number of hydrazine groups is 1. The van der Waals surface area contributed by atoms with Gasteiger partial charge in [0.05, 0.1) is 5.69 Å². The summed E-state index contributed by atoms with van der Waals surface area (Å²) < 4.78 is 0. The first-order valence-corrected chi connectivity index (χ1v) is 8.57. The maximum Gasteiger partial charge on any atom is 0.238 e. The van der Waals surface area contributed by atoms with E-state index in [1.54, 1.807) is 0 Å². The Morgan fingerprint density at radius 1 is 1.13 bits per heavy atom. The fraction of sp³-hybridized carbons (Fsp3) is 0.444. The first-order valence-electron chi connectivity index (χ1n) is 8.57. The number of hydrogen-bond donors (Lipinski definition) is 2. The van der Waals surface area contributed by atoms with Gasteiger partial charge >= 0.3 is 0 Å². The molecular weight excluding hydrogens is 286 g/mol. The zero-order valence-corrected chi connectivity index (χ0v) is 13.1. The van der Waals surface area contributed by atoms with Gasteiger partial charge in [-0.15, -0.1) is 0 Å². The SMILES string of the molecule is c1ccc2c(c1)CCCc1cnc(NN3CC4CNCC43)nc1-2. The molecule has 118 valence electrons. The topological polar surface area (TPSA) is 53.1 Å². The first kappa shape index (κ1) is 13.5. The number of nitrogens with one attached hydrogen (secondary N) is 2. The molecular formula is C18H21N5. The highest BCUT2D eigenvalue weighted by Gasteiger charge is 2.42. The summed E-state index contributed by atoms with van der Waals surface area (Å²) in [6.45, 7) is 3.28. The summed E-state index contributed by atoms with van der Waals surface area (Å²) in [6, 6.07) is 9.23. The minimum atomic E-state index is 0.588. The smallest absolute Gasteiger partial charge is 0.238 e. The standard InChI is InChI=1S/C18H21N5/c1-2-7-15-12(4-1)5-3-6-13-9-20-18(21-17(13)15)22-23-11-14-8-19-10-16(14)23/h1-2,4,7,9,14,16,19H,3,5-6,8,10-11H2,(H,20,21,22). The van der Waals surface area contributed by atoms with E-state index < -0.39 is 0 Å². The number of aromatic nitrogens is 2. The van der Waals surface area contributed by atoms with Gasteiger partial charge in [-0.25, -0.2) is 15.0 Å². The van der Waals surface area contributed by atoms with Crippen LogP contribution >= 0.6 is 0 Å². The third-order valence-corrected chi connectivity index (χ3v) is 5.41. The predicted molar refractivity (Wildman–Crippen MR) is 90.0 cm³/mol. The Balaban J connectivity index is 1.47. The molecule has 0 saturated carbocycles. The lowest BCUT2D eigenvalue weighted by atomic mass is 9.94. The largest absolute Gasteiger partial charge is 0.315 e. The summed E-state index contributed by atoms with van der Waals surface area (Å²) in [5.41, 5.74) is 8.47. The minimum Gasteiger partial charge on any atom is -0.315 e. The molecule has 2 saturated heterocycles. The zero-order valence-electron chi connectivity index (χ0n) is 13.1. The minimum absolute atomic E-state index is 0.588. The van der Waals surface area contributed by atoms with Crippen LogP contribution in [0.2, 0.25) is 0 Å². The monoisotopic (exact) mass is 307 g/mol. The van der Waals surface area contributed by atoms with Crippen LogP contribution in [0.15, 0.2) is 30.5 Å². The molecule has 3 aliphatic rings. The summed E-state index contributed by atoms with van der Waals surface area (Å²) >= 11 is 0. The van der Waals surface area contributed by atoms with Crippen LogP contribution in [-0.2, 0) is 12.8 Å². The van der Waals surface area contributed by atoms with Gasteiger partial charge in [-0.3, -0.25) is 5.43 Å². The molecule has 5 heteroatoms. The third kappa shape index (κ3) is 2.23. The molecule has 23 heavy (non-hydrogen) atoms. The van der Waals surface area contributed by atoms with Crippen LogP contribution in [0, 0.1) is 5.92 Å². The molecule has 2 unspecified atom stereocenters. The maximum atomic E-state index is 4.87. The van der Waals surface area contributed by atoms with Crippen molar-refractivity contribution in [3.8, 4) is 11.3 Å². The molecule has 5 rings (SSSR count).